The van der Waals surface area contributed by atoms with Gasteiger partial charge in [-0.05, 0) is 37.1 Å². The second-order valence-corrected chi connectivity index (χ2v) is 5.44. The number of nitrogen functional groups attached to an aromatic ring is 1. The molecule has 0 amide bonds. The molecule has 0 spiro atoms. The van der Waals surface area contributed by atoms with Gasteiger partial charge in [0.2, 0.25) is 0 Å². The second-order valence-electron chi connectivity index (χ2n) is 4.59. The summed E-state index contributed by atoms with van der Waals surface area (Å²) in [6.45, 7) is 1.72. The lowest BCUT2D eigenvalue weighted by Gasteiger charge is -2.19. The number of rotatable bonds is 2. The molecule has 4 heteroatoms. The smallest absolute Gasteiger partial charge is 0.123 e. The minimum Gasteiger partial charge on any atom is -0.399 e. The minimum atomic E-state index is 0.567. The van der Waals surface area contributed by atoms with Crippen LogP contribution in [0.15, 0.2) is 29.6 Å². The molecule has 1 aliphatic heterocycles. The third kappa shape index (κ3) is 2.40. The SMILES string of the molecule is Nc1ccc(-c2nc(C3CCOCC3)cs2)cc1. The van der Waals surface area contributed by atoms with E-state index >= 15 is 0 Å². The summed E-state index contributed by atoms with van der Waals surface area (Å²) in [5, 5.41) is 3.26. The van der Waals surface area contributed by atoms with Crippen LogP contribution in [0.25, 0.3) is 10.6 Å². The zero-order valence-electron chi connectivity index (χ0n) is 10.1. The molecule has 18 heavy (non-hydrogen) atoms. The molecule has 0 unspecified atom stereocenters. The van der Waals surface area contributed by atoms with Gasteiger partial charge in [0.1, 0.15) is 5.01 Å². The summed E-state index contributed by atoms with van der Waals surface area (Å²) in [7, 11) is 0. The Morgan fingerprint density at radius 1 is 1.17 bits per heavy atom. The highest BCUT2D eigenvalue weighted by Gasteiger charge is 2.18. The molecule has 2 N–H and O–H groups in total. The van der Waals surface area contributed by atoms with Crippen molar-refractivity contribution >= 4 is 17.0 Å². The number of ether oxygens (including phenoxy) is 1. The van der Waals surface area contributed by atoms with Gasteiger partial charge in [-0.3, -0.25) is 0 Å². The zero-order valence-corrected chi connectivity index (χ0v) is 11.0. The van der Waals surface area contributed by atoms with Gasteiger partial charge in [-0.15, -0.1) is 11.3 Å². The van der Waals surface area contributed by atoms with Crippen molar-refractivity contribution in [1.82, 2.24) is 4.98 Å². The Hall–Kier alpha value is -1.39. The number of hydrogen-bond acceptors (Lipinski definition) is 4. The topological polar surface area (TPSA) is 48.1 Å². The van der Waals surface area contributed by atoms with E-state index in [0.29, 0.717) is 5.92 Å². The normalized spacial score (nSPS) is 16.9. The van der Waals surface area contributed by atoms with E-state index < -0.39 is 0 Å². The van der Waals surface area contributed by atoms with Crippen LogP contribution in [0.3, 0.4) is 0 Å². The second kappa shape index (κ2) is 5.08. The summed E-state index contributed by atoms with van der Waals surface area (Å²) >= 11 is 1.71. The summed E-state index contributed by atoms with van der Waals surface area (Å²) < 4.78 is 5.39. The van der Waals surface area contributed by atoms with E-state index in [1.807, 2.05) is 24.3 Å². The van der Waals surface area contributed by atoms with Crippen LogP contribution in [0.4, 0.5) is 5.69 Å². The third-order valence-electron chi connectivity index (χ3n) is 3.32. The lowest BCUT2D eigenvalue weighted by Crippen LogP contribution is -2.14. The molecule has 3 rings (SSSR count). The molecule has 1 aromatic heterocycles. The van der Waals surface area contributed by atoms with Gasteiger partial charge in [0.05, 0.1) is 5.69 Å². The van der Waals surface area contributed by atoms with Crippen LogP contribution < -0.4 is 5.73 Å². The van der Waals surface area contributed by atoms with E-state index in [-0.39, 0.29) is 0 Å². The summed E-state index contributed by atoms with van der Waals surface area (Å²) in [5.41, 5.74) is 8.85. The summed E-state index contributed by atoms with van der Waals surface area (Å²) in [4.78, 5) is 4.76. The van der Waals surface area contributed by atoms with E-state index in [0.717, 1.165) is 42.3 Å². The van der Waals surface area contributed by atoms with Crippen molar-refractivity contribution in [2.75, 3.05) is 18.9 Å². The molecular formula is C14H16N2OS. The van der Waals surface area contributed by atoms with Crippen molar-refractivity contribution in [1.29, 1.82) is 0 Å². The molecule has 1 fully saturated rings. The lowest BCUT2D eigenvalue weighted by molar-refractivity contribution is 0.0846. The number of thiazole rings is 1. The average molecular weight is 260 g/mol. The van der Waals surface area contributed by atoms with Gasteiger partial charge in [0.15, 0.2) is 0 Å². The van der Waals surface area contributed by atoms with Crippen molar-refractivity contribution in [2.24, 2.45) is 0 Å². The van der Waals surface area contributed by atoms with Crippen LogP contribution in [-0.4, -0.2) is 18.2 Å². The third-order valence-corrected chi connectivity index (χ3v) is 4.23. The fourth-order valence-electron chi connectivity index (χ4n) is 2.23. The van der Waals surface area contributed by atoms with Crippen molar-refractivity contribution in [3.8, 4) is 10.6 Å². The first kappa shape index (κ1) is 11.7. The van der Waals surface area contributed by atoms with Crippen LogP contribution in [-0.2, 0) is 4.74 Å². The standard InChI is InChI=1S/C14H16N2OS/c15-12-3-1-11(2-4-12)14-16-13(9-18-14)10-5-7-17-8-6-10/h1-4,9-10H,5-8,15H2. The Balaban J connectivity index is 1.82. The molecule has 1 aliphatic rings. The summed E-state index contributed by atoms with van der Waals surface area (Å²) in [5.74, 6) is 0.567. The van der Waals surface area contributed by atoms with E-state index in [4.69, 9.17) is 15.5 Å². The van der Waals surface area contributed by atoms with E-state index in [1.54, 1.807) is 11.3 Å². The predicted molar refractivity (Wildman–Crippen MR) is 74.8 cm³/mol. The zero-order chi connectivity index (χ0) is 12.4. The van der Waals surface area contributed by atoms with E-state index in [2.05, 4.69) is 5.38 Å². The van der Waals surface area contributed by atoms with Gasteiger partial charge in [0, 0.05) is 35.8 Å². The Morgan fingerprint density at radius 2 is 1.89 bits per heavy atom. The molecule has 0 radical (unpaired) electrons. The first-order chi connectivity index (χ1) is 8.83. The van der Waals surface area contributed by atoms with Crippen LogP contribution in [0.2, 0.25) is 0 Å². The molecule has 2 heterocycles. The van der Waals surface area contributed by atoms with Gasteiger partial charge in [-0.1, -0.05) is 0 Å². The van der Waals surface area contributed by atoms with Gasteiger partial charge in [-0.25, -0.2) is 4.98 Å². The average Bonchev–Trinajstić information content (AvgIpc) is 2.90. The minimum absolute atomic E-state index is 0.567. The Bertz CT molecular complexity index is 515. The number of anilines is 1. The number of aromatic nitrogens is 1. The molecule has 3 nitrogen and oxygen atoms in total. The molecule has 2 aromatic rings. The highest BCUT2D eigenvalue weighted by atomic mass is 32.1. The number of nitrogens with zero attached hydrogens (tertiary/aromatic N) is 1. The van der Waals surface area contributed by atoms with E-state index in [9.17, 15) is 0 Å². The fraction of sp³-hybridized carbons (Fsp3) is 0.357. The van der Waals surface area contributed by atoms with Gasteiger partial charge >= 0.3 is 0 Å². The molecular weight excluding hydrogens is 244 g/mol. The Kier molecular flexibility index (Phi) is 3.30. The highest BCUT2D eigenvalue weighted by Crippen LogP contribution is 2.31. The summed E-state index contributed by atoms with van der Waals surface area (Å²) in [6.07, 6.45) is 2.18. The van der Waals surface area contributed by atoms with Gasteiger partial charge < -0.3 is 10.5 Å². The number of hydrogen-bond donors (Lipinski definition) is 1. The Labute approximate surface area is 111 Å². The molecule has 94 valence electrons. The number of nitrogens with two attached hydrogens (primary N) is 1. The van der Waals surface area contributed by atoms with Crippen LogP contribution in [0.1, 0.15) is 24.5 Å². The van der Waals surface area contributed by atoms with Crippen LogP contribution in [0.5, 0.6) is 0 Å². The van der Waals surface area contributed by atoms with E-state index in [1.165, 1.54) is 5.69 Å². The monoisotopic (exact) mass is 260 g/mol. The maximum Gasteiger partial charge on any atom is 0.123 e. The maximum atomic E-state index is 5.70. The summed E-state index contributed by atoms with van der Waals surface area (Å²) in [6, 6.07) is 7.90. The van der Waals surface area contributed by atoms with Crippen LogP contribution >= 0.6 is 11.3 Å². The molecule has 0 saturated carbocycles. The molecule has 0 bridgehead atoms. The largest absolute Gasteiger partial charge is 0.399 e. The van der Waals surface area contributed by atoms with Crippen molar-refractivity contribution in [3.05, 3.63) is 35.3 Å². The molecule has 1 aromatic carbocycles. The Morgan fingerprint density at radius 3 is 2.61 bits per heavy atom. The predicted octanol–water partition coefficient (Wildman–Crippen LogP) is 3.29. The first-order valence-electron chi connectivity index (χ1n) is 6.22. The van der Waals surface area contributed by atoms with Crippen molar-refractivity contribution in [3.63, 3.8) is 0 Å². The highest BCUT2D eigenvalue weighted by molar-refractivity contribution is 7.13. The lowest BCUT2D eigenvalue weighted by atomic mass is 9.97. The van der Waals surface area contributed by atoms with Gasteiger partial charge in [0.25, 0.3) is 0 Å². The molecule has 1 saturated heterocycles. The molecule has 0 aliphatic carbocycles. The molecule has 0 atom stereocenters. The number of benzene rings is 1. The van der Waals surface area contributed by atoms with Crippen molar-refractivity contribution in [2.45, 2.75) is 18.8 Å². The maximum absolute atomic E-state index is 5.70. The van der Waals surface area contributed by atoms with Crippen LogP contribution in [0, 0.1) is 0 Å². The fourth-order valence-corrected chi connectivity index (χ4v) is 3.13. The quantitative estimate of drug-likeness (QED) is 0.843. The van der Waals surface area contributed by atoms with Gasteiger partial charge in [-0.2, -0.15) is 0 Å². The first-order valence-corrected chi connectivity index (χ1v) is 7.10. The van der Waals surface area contributed by atoms with Crippen molar-refractivity contribution < 1.29 is 4.74 Å².